The van der Waals surface area contributed by atoms with Crippen molar-refractivity contribution in [3.63, 3.8) is 0 Å². The normalized spacial score (nSPS) is 15.5. The molecule has 1 aliphatic rings. The van der Waals surface area contributed by atoms with E-state index in [2.05, 4.69) is 5.32 Å². The lowest BCUT2D eigenvalue weighted by atomic mass is 9.82. The number of aromatic nitrogens is 1. The van der Waals surface area contributed by atoms with Gasteiger partial charge in [-0.25, -0.2) is 0 Å². The van der Waals surface area contributed by atoms with E-state index in [1.165, 1.54) is 0 Å². The maximum atomic E-state index is 12.8. The molecule has 0 bridgehead atoms. The Morgan fingerprint density at radius 2 is 1.83 bits per heavy atom. The topological polar surface area (TPSA) is 71.3 Å². The molecule has 2 aromatic carbocycles. The summed E-state index contributed by atoms with van der Waals surface area (Å²) in [6.45, 7) is 0.976. The molecular weight excluding hydrogens is 364 g/mol. The van der Waals surface area contributed by atoms with Crippen LogP contribution in [-0.4, -0.2) is 15.6 Å². The number of nitrogens with one attached hydrogen (secondary N) is 1. The summed E-state index contributed by atoms with van der Waals surface area (Å²) in [5.41, 5.74) is 3.86. The van der Waals surface area contributed by atoms with E-state index in [0.29, 0.717) is 13.1 Å². The van der Waals surface area contributed by atoms with Crippen LogP contribution in [0.2, 0.25) is 0 Å². The fourth-order valence-corrected chi connectivity index (χ4v) is 3.96. The monoisotopic (exact) mass is 388 g/mol. The molecule has 0 saturated carbocycles. The molecule has 1 aliphatic carbocycles. The number of amides is 1. The molecule has 0 saturated heterocycles. The molecule has 4 rings (SSSR count). The van der Waals surface area contributed by atoms with Crippen molar-refractivity contribution in [1.82, 2.24) is 9.88 Å². The van der Waals surface area contributed by atoms with Gasteiger partial charge < -0.3 is 15.0 Å². The molecule has 1 heterocycles. The second-order valence-corrected chi connectivity index (χ2v) is 7.49. The van der Waals surface area contributed by atoms with E-state index in [9.17, 15) is 14.7 Å². The van der Waals surface area contributed by atoms with Gasteiger partial charge in [0.25, 0.3) is 5.56 Å². The van der Waals surface area contributed by atoms with Crippen molar-refractivity contribution >= 4 is 5.91 Å². The van der Waals surface area contributed by atoms with Crippen molar-refractivity contribution in [2.24, 2.45) is 0 Å². The lowest BCUT2D eigenvalue weighted by molar-refractivity contribution is -0.123. The predicted molar refractivity (Wildman–Crippen MR) is 112 cm³/mol. The number of fused-ring (bicyclic) bond motifs is 1. The predicted octanol–water partition coefficient (Wildman–Crippen LogP) is 3.34. The molecule has 148 valence electrons. The van der Waals surface area contributed by atoms with Gasteiger partial charge in [0.1, 0.15) is 5.75 Å². The number of hydrogen-bond acceptors (Lipinski definition) is 3. The molecule has 5 heteroatoms. The third-order valence-electron chi connectivity index (χ3n) is 5.54. The summed E-state index contributed by atoms with van der Waals surface area (Å²) in [5, 5.41) is 13.1. The molecule has 0 aliphatic heterocycles. The van der Waals surface area contributed by atoms with Crippen LogP contribution < -0.4 is 10.9 Å². The fraction of sp³-hybridized carbons (Fsp3) is 0.250. The van der Waals surface area contributed by atoms with Crippen LogP contribution in [0.4, 0.5) is 0 Å². The quantitative estimate of drug-likeness (QED) is 0.704. The highest BCUT2D eigenvalue weighted by Crippen LogP contribution is 2.36. The number of aromatic hydroxyl groups is 1. The van der Waals surface area contributed by atoms with Crippen molar-refractivity contribution < 1.29 is 9.90 Å². The Balaban J connectivity index is 1.39. The first kappa shape index (κ1) is 19.0. The average Bonchev–Trinajstić information content (AvgIpc) is 2.74. The summed E-state index contributed by atoms with van der Waals surface area (Å²) in [6, 6.07) is 18.5. The van der Waals surface area contributed by atoms with E-state index in [-0.39, 0.29) is 23.1 Å². The molecule has 0 spiro atoms. The van der Waals surface area contributed by atoms with Gasteiger partial charge in [-0.15, -0.1) is 0 Å². The Kier molecular flexibility index (Phi) is 5.47. The van der Waals surface area contributed by atoms with Crippen LogP contribution >= 0.6 is 0 Å². The highest BCUT2D eigenvalue weighted by Gasteiger charge is 2.27. The van der Waals surface area contributed by atoms with E-state index in [1.807, 2.05) is 36.4 Å². The molecule has 1 amide bonds. The lowest BCUT2D eigenvalue weighted by Gasteiger charge is -2.25. The summed E-state index contributed by atoms with van der Waals surface area (Å²) in [7, 11) is 0. The number of phenols is 1. The smallest absolute Gasteiger partial charge is 0.250 e. The molecule has 1 aromatic heterocycles. The number of hydrogen-bond donors (Lipinski definition) is 2. The van der Waals surface area contributed by atoms with Crippen LogP contribution in [0.3, 0.4) is 0 Å². The standard InChI is InChI=1S/C24H24N2O3/c27-22-8-4-5-19-20(22)6-3-7-21(19)24(29)25-15-17-10-12-18(13-11-17)16-26-14-2-1-9-23(26)28/h1-2,4-5,8-14,21,27H,3,6-7,15-16H2,(H,25,29). The van der Waals surface area contributed by atoms with Crippen LogP contribution in [0.5, 0.6) is 5.75 Å². The Hall–Kier alpha value is -3.34. The van der Waals surface area contributed by atoms with Crippen LogP contribution in [0.1, 0.15) is 41.0 Å². The van der Waals surface area contributed by atoms with Gasteiger partial charge in [-0.2, -0.15) is 0 Å². The van der Waals surface area contributed by atoms with Crippen LogP contribution in [0.25, 0.3) is 0 Å². The second-order valence-electron chi connectivity index (χ2n) is 7.49. The summed E-state index contributed by atoms with van der Waals surface area (Å²) >= 11 is 0. The Morgan fingerprint density at radius 1 is 1.03 bits per heavy atom. The molecule has 2 N–H and O–H groups in total. The number of nitrogens with zero attached hydrogens (tertiary/aromatic N) is 1. The van der Waals surface area contributed by atoms with Crippen LogP contribution in [0, 0.1) is 0 Å². The Labute approximate surface area is 169 Å². The fourth-order valence-electron chi connectivity index (χ4n) is 3.96. The number of benzene rings is 2. The minimum atomic E-state index is -0.213. The molecule has 0 fully saturated rings. The first-order valence-corrected chi connectivity index (χ1v) is 9.93. The van der Waals surface area contributed by atoms with Crippen LogP contribution in [0.15, 0.2) is 71.7 Å². The van der Waals surface area contributed by atoms with Crippen molar-refractivity contribution in [3.8, 4) is 5.75 Å². The van der Waals surface area contributed by atoms with Gasteiger partial charge in [-0.05, 0) is 53.6 Å². The zero-order valence-corrected chi connectivity index (χ0v) is 16.2. The van der Waals surface area contributed by atoms with E-state index >= 15 is 0 Å². The van der Waals surface area contributed by atoms with Gasteiger partial charge in [-0.1, -0.05) is 42.5 Å². The van der Waals surface area contributed by atoms with Gasteiger partial charge >= 0.3 is 0 Å². The summed E-state index contributed by atoms with van der Waals surface area (Å²) in [5.74, 6) is 0.0691. The molecule has 3 aromatic rings. The highest BCUT2D eigenvalue weighted by molar-refractivity contribution is 5.84. The SMILES string of the molecule is O=C(NCc1ccc(Cn2ccccc2=O)cc1)C1CCCc2c(O)cccc21. The van der Waals surface area contributed by atoms with Crippen molar-refractivity contribution in [2.75, 3.05) is 0 Å². The average molecular weight is 388 g/mol. The van der Waals surface area contributed by atoms with E-state index < -0.39 is 0 Å². The minimum Gasteiger partial charge on any atom is -0.508 e. The van der Waals surface area contributed by atoms with Gasteiger partial charge in [0.15, 0.2) is 0 Å². The van der Waals surface area contributed by atoms with Gasteiger partial charge in [0.05, 0.1) is 12.5 Å². The molecule has 1 atom stereocenters. The van der Waals surface area contributed by atoms with E-state index in [1.54, 1.807) is 35.0 Å². The third-order valence-corrected chi connectivity index (χ3v) is 5.54. The van der Waals surface area contributed by atoms with Crippen LogP contribution in [-0.2, 0) is 24.3 Å². The molecule has 29 heavy (non-hydrogen) atoms. The first-order valence-electron chi connectivity index (χ1n) is 9.93. The molecule has 5 nitrogen and oxygen atoms in total. The lowest BCUT2D eigenvalue weighted by Crippen LogP contribution is -2.31. The van der Waals surface area contributed by atoms with Crippen molar-refractivity contribution in [1.29, 1.82) is 0 Å². The second kappa shape index (κ2) is 8.35. The number of carbonyl (C=O) groups excluding carboxylic acids is 1. The Bertz CT molecular complexity index is 1070. The highest BCUT2D eigenvalue weighted by atomic mass is 16.3. The first-order chi connectivity index (χ1) is 14.1. The Morgan fingerprint density at radius 3 is 2.62 bits per heavy atom. The zero-order chi connectivity index (χ0) is 20.2. The van der Waals surface area contributed by atoms with Crippen molar-refractivity contribution in [2.45, 2.75) is 38.3 Å². The zero-order valence-electron chi connectivity index (χ0n) is 16.2. The number of pyridine rings is 1. The number of rotatable bonds is 5. The molecule has 0 radical (unpaired) electrons. The van der Waals surface area contributed by atoms with E-state index in [4.69, 9.17) is 0 Å². The van der Waals surface area contributed by atoms with Crippen molar-refractivity contribution in [3.05, 3.63) is 99.5 Å². The third kappa shape index (κ3) is 4.24. The van der Waals surface area contributed by atoms with E-state index in [0.717, 1.165) is 41.5 Å². The summed E-state index contributed by atoms with van der Waals surface area (Å²) in [4.78, 5) is 24.6. The number of phenolic OH excluding ortho intramolecular Hbond substituents is 1. The minimum absolute atomic E-state index is 0.00327. The maximum Gasteiger partial charge on any atom is 0.250 e. The van der Waals surface area contributed by atoms with Gasteiger partial charge in [0, 0.05) is 18.8 Å². The largest absolute Gasteiger partial charge is 0.508 e. The number of carbonyl (C=O) groups is 1. The summed E-state index contributed by atoms with van der Waals surface area (Å²) < 4.78 is 1.66. The molecular formula is C24H24N2O3. The van der Waals surface area contributed by atoms with Gasteiger partial charge in [0.2, 0.25) is 5.91 Å². The molecule has 1 unspecified atom stereocenters. The summed E-state index contributed by atoms with van der Waals surface area (Å²) in [6.07, 6.45) is 4.29. The van der Waals surface area contributed by atoms with Gasteiger partial charge in [-0.3, -0.25) is 9.59 Å². The maximum absolute atomic E-state index is 12.8.